The van der Waals surface area contributed by atoms with Crippen LogP contribution in [0.25, 0.3) is 5.69 Å². The van der Waals surface area contributed by atoms with E-state index in [1.54, 1.807) is 25.0 Å². The lowest BCUT2D eigenvalue weighted by Crippen LogP contribution is -2.35. The molecule has 3 aromatic rings. The number of hydrogen-bond donors (Lipinski definition) is 1. The number of nitrogens with one attached hydrogen (secondary N) is 1. The molecule has 7 nitrogen and oxygen atoms in total. The molecule has 3 heterocycles. The highest BCUT2D eigenvalue weighted by Gasteiger charge is 2.43. The summed E-state index contributed by atoms with van der Waals surface area (Å²) in [5.74, 6) is 3.43. The molecule has 2 aliphatic rings. The first kappa shape index (κ1) is 19.3. The van der Waals surface area contributed by atoms with E-state index in [1.165, 1.54) is 31.4 Å². The monoisotopic (exact) mass is 423 g/mol. The van der Waals surface area contributed by atoms with E-state index in [2.05, 4.69) is 54.6 Å². The zero-order valence-electron chi connectivity index (χ0n) is 16.9. The lowest BCUT2D eigenvalue weighted by atomic mass is 9.90. The van der Waals surface area contributed by atoms with Crippen LogP contribution in [0.2, 0.25) is 5.02 Å². The van der Waals surface area contributed by atoms with Gasteiger partial charge in [-0.25, -0.2) is 9.97 Å². The fraction of sp³-hybridized carbons (Fsp3) is 0.455. The second-order valence-electron chi connectivity index (χ2n) is 8.32. The predicted octanol–water partition coefficient (Wildman–Crippen LogP) is 4.07. The molecule has 0 spiro atoms. The highest BCUT2D eigenvalue weighted by Crippen LogP contribution is 2.49. The van der Waals surface area contributed by atoms with Gasteiger partial charge in [0, 0.05) is 31.0 Å². The Hall–Kier alpha value is -2.67. The minimum atomic E-state index is 0.592. The Morgan fingerprint density at radius 2 is 1.70 bits per heavy atom. The molecule has 1 aliphatic heterocycles. The van der Waals surface area contributed by atoms with Crippen LogP contribution in [0, 0.1) is 17.8 Å². The average Bonchev–Trinajstić information content (AvgIpc) is 3.34. The van der Waals surface area contributed by atoms with Crippen molar-refractivity contribution < 1.29 is 0 Å². The van der Waals surface area contributed by atoms with Crippen molar-refractivity contribution in [3.05, 3.63) is 54.3 Å². The van der Waals surface area contributed by atoms with Gasteiger partial charge in [0.2, 0.25) is 5.95 Å². The molecule has 8 heteroatoms. The zero-order chi connectivity index (χ0) is 20.3. The topological polar surface area (TPSA) is 71.8 Å². The third-order valence-electron chi connectivity index (χ3n) is 6.44. The van der Waals surface area contributed by atoms with Crippen LogP contribution >= 0.6 is 11.6 Å². The molecule has 2 fully saturated rings. The molecule has 1 aromatic carbocycles. The fourth-order valence-electron chi connectivity index (χ4n) is 4.66. The number of aromatic nitrogens is 5. The van der Waals surface area contributed by atoms with Gasteiger partial charge in [-0.2, -0.15) is 0 Å². The van der Waals surface area contributed by atoms with Crippen molar-refractivity contribution in [2.45, 2.75) is 25.7 Å². The third kappa shape index (κ3) is 4.41. The molecule has 1 saturated carbocycles. The Kier molecular flexibility index (Phi) is 5.53. The first-order chi connectivity index (χ1) is 14.8. The van der Waals surface area contributed by atoms with E-state index in [9.17, 15) is 0 Å². The van der Waals surface area contributed by atoms with Gasteiger partial charge in [-0.15, -0.1) is 10.2 Å². The van der Waals surface area contributed by atoms with Gasteiger partial charge >= 0.3 is 0 Å². The second kappa shape index (κ2) is 8.60. The first-order valence-corrected chi connectivity index (χ1v) is 11.1. The van der Waals surface area contributed by atoms with Crippen molar-refractivity contribution in [2.24, 2.45) is 17.8 Å². The molecule has 0 radical (unpaired) electrons. The number of piperidine rings is 1. The summed E-state index contributed by atoms with van der Waals surface area (Å²) >= 11 is 5.89. The maximum absolute atomic E-state index is 5.89. The quantitative estimate of drug-likeness (QED) is 0.617. The number of hydrogen-bond acceptors (Lipinski definition) is 6. The number of anilines is 2. The van der Waals surface area contributed by atoms with E-state index < -0.39 is 0 Å². The maximum atomic E-state index is 5.89. The molecule has 1 N–H and O–H groups in total. The molecule has 2 aromatic heterocycles. The smallest absolute Gasteiger partial charge is 0.225 e. The highest BCUT2D eigenvalue weighted by atomic mass is 35.5. The molecular weight excluding hydrogens is 398 g/mol. The van der Waals surface area contributed by atoms with Crippen LogP contribution in [-0.2, 0) is 0 Å². The molecule has 0 bridgehead atoms. The van der Waals surface area contributed by atoms with Gasteiger partial charge in [0.05, 0.1) is 17.4 Å². The predicted molar refractivity (Wildman–Crippen MR) is 118 cm³/mol. The van der Waals surface area contributed by atoms with Gasteiger partial charge in [-0.1, -0.05) is 11.6 Å². The minimum Gasteiger partial charge on any atom is -0.385 e. The third-order valence-corrected chi connectivity index (χ3v) is 6.64. The molecule has 2 atom stereocenters. The lowest BCUT2D eigenvalue weighted by molar-refractivity contribution is 0.343. The Balaban J connectivity index is 1.03. The molecule has 1 aliphatic carbocycles. The van der Waals surface area contributed by atoms with E-state index in [0.29, 0.717) is 5.02 Å². The summed E-state index contributed by atoms with van der Waals surface area (Å²) in [5.41, 5.74) is 2.24. The summed E-state index contributed by atoms with van der Waals surface area (Å²) in [6.45, 7) is 3.13. The first-order valence-electron chi connectivity index (χ1n) is 10.7. The Morgan fingerprint density at radius 1 is 1.00 bits per heavy atom. The average molecular weight is 424 g/mol. The van der Waals surface area contributed by atoms with Crippen LogP contribution in [-0.4, -0.2) is 44.4 Å². The van der Waals surface area contributed by atoms with Crippen molar-refractivity contribution >= 4 is 23.2 Å². The fourth-order valence-corrected chi connectivity index (χ4v) is 4.76. The number of benzene rings is 1. The number of rotatable bonds is 7. The Labute approximate surface area is 181 Å². The van der Waals surface area contributed by atoms with Crippen LogP contribution in [0.4, 0.5) is 11.6 Å². The van der Waals surface area contributed by atoms with Crippen molar-refractivity contribution in [1.82, 2.24) is 24.7 Å². The molecular formula is C22H26ClN7. The van der Waals surface area contributed by atoms with Crippen molar-refractivity contribution in [3.8, 4) is 5.69 Å². The van der Waals surface area contributed by atoms with Crippen LogP contribution in [0.5, 0.6) is 0 Å². The standard InChI is InChI=1S/C22H26ClN7/c23-18-12-25-22(26-13-18)29-9-6-16(7-10-29)21-11-17(21)5-8-24-19-1-3-20(4-2-19)30-14-27-28-15-30/h1-4,12-17,21,24H,5-11H2/t17-,21-/m1/s1. The van der Waals surface area contributed by atoms with Crippen molar-refractivity contribution in [3.63, 3.8) is 0 Å². The number of nitrogens with zero attached hydrogens (tertiary/aromatic N) is 6. The largest absolute Gasteiger partial charge is 0.385 e. The summed E-state index contributed by atoms with van der Waals surface area (Å²) in [6.07, 6.45) is 11.9. The molecule has 1 saturated heterocycles. The van der Waals surface area contributed by atoms with E-state index in [1.807, 2.05) is 4.57 Å². The van der Waals surface area contributed by atoms with Crippen LogP contribution < -0.4 is 10.2 Å². The van der Waals surface area contributed by atoms with Crippen LogP contribution in [0.3, 0.4) is 0 Å². The van der Waals surface area contributed by atoms with Crippen LogP contribution in [0.15, 0.2) is 49.3 Å². The minimum absolute atomic E-state index is 0.592. The maximum Gasteiger partial charge on any atom is 0.225 e. The Morgan fingerprint density at radius 3 is 2.40 bits per heavy atom. The van der Waals surface area contributed by atoms with Gasteiger partial charge in [-0.05, 0) is 67.7 Å². The number of halogens is 1. The van der Waals surface area contributed by atoms with E-state index >= 15 is 0 Å². The van der Waals surface area contributed by atoms with Crippen LogP contribution in [0.1, 0.15) is 25.7 Å². The normalized spacial score (nSPS) is 21.6. The summed E-state index contributed by atoms with van der Waals surface area (Å²) in [6, 6.07) is 8.41. The lowest BCUT2D eigenvalue weighted by Gasteiger charge is -2.32. The van der Waals surface area contributed by atoms with Gasteiger partial charge in [0.15, 0.2) is 0 Å². The van der Waals surface area contributed by atoms with Crippen molar-refractivity contribution in [1.29, 1.82) is 0 Å². The van der Waals surface area contributed by atoms with Crippen molar-refractivity contribution in [2.75, 3.05) is 29.9 Å². The van der Waals surface area contributed by atoms with Gasteiger partial charge < -0.3 is 10.2 Å². The SMILES string of the molecule is Clc1cnc(N2CCC([C@H]3C[C@H]3CCNc3ccc(-n4cnnc4)cc3)CC2)nc1. The Bertz CT molecular complexity index is 935. The highest BCUT2D eigenvalue weighted by molar-refractivity contribution is 6.30. The summed E-state index contributed by atoms with van der Waals surface area (Å²) < 4.78 is 1.91. The molecule has 0 amide bonds. The van der Waals surface area contributed by atoms with Gasteiger partial charge in [-0.3, -0.25) is 4.57 Å². The summed E-state index contributed by atoms with van der Waals surface area (Å²) in [7, 11) is 0. The summed E-state index contributed by atoms with van der Waals surface area (Å²) in [4.78, 5) is 11.0. The van der Waals surface area contributed by atoms with Gasteiger partial charge in [0.1, 0.15) is 12.7 Å². The van der Waals surface area contributed by atoms with E-state index in [4.69, 9.17) is 11.6 Å². The molecule has 30 heavy (non-hydrogen) atoms. The molecule has 0 unspecified atom stereocenters. The van der Waals surface area contributed by atoms with Gasteiger partial charge in [0.25, 0.3) is 0 Å². The zero-order valence-corrected chi connectivity index (χ0v) is 17.6. The molecule has 156 valence electrons. The molecule has 5 rings (SSSR count). The summed E-state index contributed by atoms with van der Waals surface area (Å²) in [5, 5.41) is 11.9. The second-order valence-corrected chi connectivity index (χ2v) is 8.75. The van der Waals surface area contributed by atoms with E-state index in [0.717, 1.165) is 49.0 Å². The van der Waals surface area contributed by atoms with E-state index in [-0.39, 0.29) is 0 Å².